The van der Waals surface area contributed by atoms with Gasteiger partial charge in [-0.1, -0.05) is 0 Å². The first-order chi connectivity index (χ1) is 14.7. The second-order valence-corrected chi connectivity index (χ2v) is 7.54. The van der Waals surface area contributed by atoms with Crippen molar-refractivity contribution in [3.8, 4) is 6.07 Å². The van der Waals surface area contributed by atoms with Crippen LogP contribution in [0.1, 0.15) is 11.1 Å². The van der Waals surface area contributed by atoms with Crippen molar-refractivity contribution in [1.82, 2.24) is 20.1 Å². The van der Waals surface area contributed by atoms with E-state index in [0.29, 0.717) is 23.6 Å². The average Bonchev–Trinajstić information content (AvgIpc) is 3.37. The molecule has 2 amide bonds. The largest absolute Gasteiger partial charge is 0.369 e. The maximum atomic E-state index is 13.1. The van der Waals surface area contributed by atoms with Gasteiger partial charge in [0.15, 0.2) is 0 Å². The van der Waals surface area contributed by atoms with Gasteiger partial charge in [-0.3, -0.25) is 9.58 Å². The molecule has 2 aliphatic rings. The standard InChI is InChI=1S/C21H22N8O/c1-27-13-16-15(12-22)17(2-3-18(16)26-27)25-21(30)29-9-5-14-19(4-6-24-20(14)29)28-10-7-23-8-11-28/h2-4,6,13,23H,5,7-11H2,1H3,(H,25,30). The molecule has 2 aliphatic heterocycles. The SMILES string of the molecule is Cn1cc2c(C#N)c(NC(=O)N3CCc4c(N5CCNCC5)ccnc43)ccc2n1. The monoisotopic (exact) mass is 402 g/mol. The average molecular weight is 402 g/mol. The van der Waals surface area contributed by atoms with Crippen LogP contribution in [0.25, 0.3) is 10.9 Å². The number of benzene rings is 1. The number of hydrogen-bond donors (Lipinski definition) is 2. The summed E-state index contributed by atoms with van der Waals surface area (Å²) in [6.07, 6.45) is 4.32. The van der Waals surface area contributed by atoms with Crippen LogP contribution in [0.15, 0.2) is 30.6 Å². The van der Waals surface area contributed by atoms with Gasteiger partial charge in [0.25, 0.3) is 0 Å². The highest BCUT2D eigenvalue weighted by Gasteiger charge is 2.30. The fraction of sp³-hybridized carbons (Fsp3) is 0.333. The van der Waals surface area contributed by atoms with Crippen molar-refractivity contribution >= 4 is 34.1 Å². The van der Waals surface area contributed by atoms with E-state index in [2.05, 4.69) is 31.7 Å². The van der Waals surface area contributed by atoms with Crippen LogP contribution >= 0.6 is 0 Å². The van der Waals surface area contributed by atoms with Gasteiger partial charge in [-0.15, -0.1) is 0 Å². The minimum Gasteiger partial charge on any atom is -0.369 e. The van der Waals surface area contributed by atoms with Gasteiger partial charge in [-0.2, -0.15) is 10.4 Å². The molecule has 1 aromatic carbocycles. The smallest absolute Gasteiger partial charge is 0.327 e. The molecule has 0 radical (unpaired) electrons. The highest BCUT2D eigenvalue weighted by molar-refractivity contribution is 6.05. The van der Waals surface area contributed by atoms with Gasteiger partial charge >= 0.3 is 6.03 Å². The second-order valence-electron chi connectivity index (χ2n) is 7.54. The fourth-order valence-corrected chi connectivity index (χ4v) is 4.29. The summed E-state index contributed by atoms with van der Waals surface area (Å²) in [5.41, 5.74) is 3.88. The summed E-state index contributed by atoms with van der Waals surface area (Å²) in [6, 6.07) is 7.50. The van der Waals surface area contributed by atoms with E-state index in [-0.39, 0.29) is 6.03 Å². The van der Waals surface area contributed by atoms with Crippen molar-refractivity contribution in [2.75, 3.05) is 47.8 Å². The molecule has 4 heterocycles. The van der Waals surface area contributed by atoms with Crippen molar-refractivity contribution in [3.05, 3.63) is 41.7 Å². The number of carbonyl (C=O) groups excluding carboxylic acids is 1. The third kappa shape index (κ3) is 3.02. The van der Waals surface area contributed by atoms with Crippen molar-refractivity contribution in [2.45, 2.75) is 6.42 Å². The Balaban J connectivity index is 1.43. The van der Waals surface area contributed by atoms with Gasteiger partial charge in [0.05, 0.1) is 16.8 Å². The molecule has 152 valence electrons. The molecule has 0 atom stereocenters. The molecule has 2 aromatic heterocycles. The number of urea groups is 1. The van der Waals surface area contributed by atoms with Crippen LogP contribution in [-0.4, -0.2) is 53.5 Å². The first kappa shape index (κ1) is 18.4. The van der Waals surface area contributed by atoms with E-state index in [4.69, 9.17) is 0 Å². The van der Waals surface area contributed by atoms with Crippen LogP contribution in [0, 0.1) is 11.3 Å². The number of anilines is 3. The lowest BCUT2D eigenvalue weighted by Crippen LogP contribution is -2.43. The van der Waals surface area contributed by atoms with E-state index in [1.54, 1.807) is 28.0 Å². The lowest BCUT2D eigenvalue weighted by Gasteiger charge is -2.31. The van der Waals surface area contributed by atoms with E-state index in [1.807, 2.05) is 19.2 Å². The summed E-state index contributed by atoms with van der Waals surface area (Å²) in [6.45, 7) is 4.36. The number of rotatable bonds is 2. The van der Waals surface area contributed by atoms with Crippen LogP contribution in [0.5, 0.6) is 0 Å². The zero-order chi connectivity index (χ0) is 20.7. The molecule has 3 aromatic rings. The Morgan fingerprint density at radius 1 is 1.23 bits per heavy atom. The number of carbonyl (C=O) groups is 1. The number of aryl methyl sites for hydroxylation is 1. The van der Waals surface area contributed by atoms with Crippen LogP contribution in [0.3, 0.4) is 0 Å². The number of amides is 2. The Morgan fingerprint density at radius 2 is 2.07 bits per heavy atom. The molecule has 0 spiro atoms. The van der Waals surface area contributed by atoms with E-state index in [9.17, 15) is 10.1 Å². The second kappa shape index (κ2) is 7.31. The Morgan fingerprint density at radius 3 is 2.87 bits per heavy atom. The zero-order valence-corrected chi connectivity index (χ0v) is 16.7. The minimum absolute atomic E-state index is 0.279. The number of pyridine rings is 1. The van der Waals surface area contributed by atoms with E-state index >= 15 is 0 Å². The highest BCUT2D eigenvalue weighted by atomic mass is 16.2. The third-order valence-electron chi connectivity index (χ3n) is 5.71. The molecule has 9 nitrogen and oxygen atoms in total. The molecule has 0 unspecified atom stereocenters. The number of fused-ring (bicyclic) bond motifs is 2. The molecular weight excluding hydrogens is 380 g/mol. The summed E-state index contributed by atoms with van der Waals surface area (Å²) in [7, 11) is 1.81. The summed E-state index contributed by atoms with van der Waals surface area (Å²) in [5.74, 6) is 0.699. The zero-order valence-electron chi connectivity index (χ0n) is 16.7. The number of aromatic nitrogens is 3. The van der Waals surface area contributed by atoms with E-state index < -0.39 is 0 Å². The van der Waals surface area contributed by atoms with Crippen LogP contribution in [0.2, 0.25) is 0 Å². The lowest BCUT2D eigenvalue weighted by molar-refractivity contribution is 0.257. The molecule has 5 rings (SSSR count). The molecule has 0 bridgehead atoms. The predicted octanol–water partition coefficient (Wildman–Crippen LogP) is 1.84. The van der Waals surface area contributed by atoms with E-state index in [1.165, 1.54) is 0 Å². The van der Waals surface area contributed by atoms with Crippen LogP contribution in [0.4, 0.5) is 22.0 Å². The van der Waals surface area contributed by atoms with Gasteiger partial charge in [-0.25, -0.2) is 9.78 Å². The van der Waals surface area contributed by atoms with Crippen LogP contribution in [-0.2, 0) is 13.5 Å². The normalized spacial score (nSPS) is 15.9. The Labute approximate surface area is 173 Å². The Bertz CT molecular complexity index is 1170. The summed E-state index contributed by atoms with van der Waals surface area (Å²) >= 11 is 0. The van der Waals surface area contributed by atoms with Gasteiger partial charge < -0.3 is 15.5 Å². The van der Waals surface area contributed by atoms with E-state index in [0.717, 1.165) is 54.8 Å². The molecule has 0 saturated carbocycles. The lowest BCUT2D eigenvalue weighted by atomic mass is 10.1. The van der Waals surface area contributed by atoms with Gasteiger partial charge in [0.2, 0.25) is 0 Å². The predicted molar refractivity (Wildman–Crippen MR) is 115 cm³/mol. The number of piperazine rings is 1. The van der Waals surface area contributed by atoms with Gasteiger partial charge in [-0.05, 0) is 24.6 Å². The van der Waals surface area contributed by atoms with Crippen molar-refractivity contribution < 1.29 is 4.79 Å². The summed E-state index contributed by atoms with van der Waals surface area (Å²) in [4.78, 5) is 21.6. The Hall–Kier alpha value is -3.64. The van der Waals surface area contributed by atoms with Gasteiger partial charge in [0.1, 0.15) is 11.9 Å². The number of nitrogens with zero attached hydrogens (tertiary/aromatic N) is 6. The molecule has 30 heavy (non-hydrogen) atoms. The molecule has 1 saturated heterocycles. The maximum Gasteiger partial charge on any atom is 0.327 e. The van der Waals surface area contributed by atoms with Crippen LogP contribution < -0.4 is 20.4 Å². The summed E-state index contributed by atoms with van der Waals surface area (Å²) in [5, 5.41) is 21.0. The topological polar surface area (TPSA) is 102 Å². The minimum atomic E-state index is -0.279. The molecule has 0 aliphatic carbocycles. The summed E-state index contributed by atoms with van der Waals surface area (Å²) < 4.78 is 1.66. The highest BCUT2D eigenvalue weighted by Crippen LogP contribution is 2.34. The maximum absolute atomic E-state index is 13.1. The first-order valence-corrected chi connectivity index (χ1v) is 10.0. The third-order valence-corrected chi connectivity index (χ3v) is 5.71. The number of hydrogen-bond acceptors (Lipinski definition) is 6. The Kier molecular flexibility index (Phi) is 4.48. The van der Waals surface area contributed by atoms with Crippen molar-refractivity contribution in [3.63, 3.8) is 0 Å². The number of nitrogens with one attached hydrogen (secondary N) is 2. The quantitative estimate of drug-likeness (QED) is 0.678. The number of nitriles is 1. The molecular formula is C21H22N8O. The molecule has 1 fully saturated rings. The van der Waals surface area contributed by atoms with Crippen molar-refractivity contribution in [1.29, 1.82) is 5.26 Å². The fourth-order valence-electron chi connectivity index (χ4n) is 4.29. The van der Waals surface area contributed by atoms with Gasteiger partial charge in [0, 0.05) is 68.8 Å². The molecule has 2 N–H and O–H groups in total. The van der Waals surface area contributed by atoms with Crippen molar-refractivity contribution in [2.24, 2.45) is 7.05 Å². The first-order valence-electron chi connectivity index (χ1n) is 10.0. The molecule has 9 heteroatoms.